The van der Waals surface area contributed by atoms with Gasteiger partial charge in [-0.2, -0.15) is 0 Å². The molecule has 1 aromatic carbocycles. The van der Waals surface area contributed by atoms with E-state index in [2.05, 4.69) is 5.32 Å². The number of carbonyl (C=O) groups excluding carboxylic acids is 3. The number of amides is 2. The minimum Gasteiger partial charge on any atom is -0.493 e. The zero-order valence-corrected chi connectivity index (χ0v) is 22.5. The number of alkyl halides is 1. The number of halogens is 1. The van der Waals surface area contributed by atoms with Gasteiger partial charge in [0.2, 0.25) is 5.91 Å². The number of ether oxygens (including phenoxy) is 3. The molecule has 0 saturated heterocycles. The molecule has 0 spiro atoms. The smallest absolute Gasteiger partial charge is 0.407 e. The van der Waals surface area contributed by atoms with E-state index in [9.17, 15) is 29.3 Å². The van der Waals surface area contributed by atoms with Crippen molar-refractivity contribution in [2.24, 2.45) is 0 Å². The highest BCUT2D eigenvalue weighted by molar-refractivity contribution is 6.27. The Morgan fingerprint density at radius 3 is 2.29 bits per heavy atom. The monoisotopic (exact) mass is 559 g/mol. The Hall–Kier alpha value is -3.61. The van der Waals surface area contributed by atoms with Crippen LogP contribution >= 0.6 is 11.6 Å². The van der Waals surface area contributed by atoms with Crippen LogP contribution in [-0.4, -0.2) is 78.9 Å². The summed E-state index contributed by atoms with van der Waals surface area (Å²) in [4.78, 5) is 59.5. The first-order chi connectivity index (χ1) is 18.0. The first-order valence-corrected chi connectivity index (χ1v) is 12.5. The van der Waals surface area contributed by atoms with E-state index in [4.69, 9.17) is 30.9 Å². The maximum atomic E-state index is 12.5. The number of nitrogens with zero attached hydrogens (tertiary/aromatic N) is 2. The Bertz CT molecular complexity index is 988. The molecule has 0 aromatic heterocycles. The molecule has 1 aromatic rings. The standard InChI is InChI=1S/C24H34ClN3O10/c1-27(22(30)8-4-5-9-23(31)32)12-10-19(38-24(33)26-11-6-7-16(29)15-25)17-13-20(36-2)21(37-3)14-18(17)28(34)35/h13-14,19H,4-12,15H2,1-3H3,(H,26,33)(H,31,32). The van der Waals surface area contributed by atoms with Crippen LogP contribution in [-0.2, 0) is 19.1 Å². The van der Waals surface area contributed by atoms with Crippen molar-refractivity contribution < 1.29 is 43.4 Å². The molecule has 1 unspecified atom stereocenters. The number of alkyl carbamates (subject to hydrolysis) is 1. The average Bonchev–Trinajstić information content (AvgIpc) is 2.89. The van der Waals surface area contributed by atoms with Crippen molar-refractivity contribution in [3.05, 3.63) is 27.8 Å². The highest BCUT2D eigenvalue weighted by Gasteiger charge is 2.29. The van der Waals surface area contributed by atoms with Crippen molar-refractivity contribution in [2.45, 2.75) is 51.0 Å². The number of rotatable bonds is 18. The number of carboxylic acid groups (broad SMARTS) is 1. The molecular weight excluding hydrogens is 526 g/mol. The van der Waals surface area contributed by atoms with Crippen LogP contribution in [0.5, 0.6) is 11.5 Å². The van der Waals surface area contributed by atoms with Gasteiger partial charge in [-0.1, -0.05) is 0 Å². The van der Waals surface area contributed by atoms with Gasteiger partial charge < -0.3 is 29.5 Å². The van der Waals surface area contributed by atoms with Gasteiger partial charge in [0.15, 0.2) is 11.5 Å². The van der Waals surface area contributed by atoms with Crippen LogP contribution in [0.1, 0.15) is 56.6 Å². The molecule has 38 heavy (non-hydrogen) atoms. The van der Waals surface area contributed by atoms with Crippen LogP contribution in [0.4, 0.5) is 10.5 Å². The zero-order valence-electron chi connectivity index (χ0n) is 21.7. The predicted octanol–water partition coefficient (Wildman–Crippen LogP) is 3.46. The van der Waals surface area contributed by atoms with Crippen molar-refractivity contribution in [3.8, 4) is 11.5 Å². The molecule has 212 valence electrons. The summed E-state index contributed by atoms with van der Waals surface area (Å²) in [6.07, 6.45) is -0.624. The molecule has 13 nitrogen and oxygen atoms in total. The lowest BCUT2D eigenvalue weighted by Crippen LogP contribution is -2.31. The molecule has 0 aliphatic heterocycles. The third-order valence-electron chi connectivity index (χ3n) is 5.56. The maximum Gasteiger partial charge on any atom is 0.407 e. The molecular formula is C24H34ClN3O10. The van der Waals surface area contributed by atoms with Crippen molar-refractivity contribution in [2.75, 3.05) is 40.2 Å². The number of Topliss-reactive ketones (excluding diaryl/α,β-unsaturated/α-hetero) is 1. The number of nitro groups is 1. The van der Waals surface area contributed by atoms with E-state index >= 15 is 0 Å². The number of ketones is 1. The lowest BCUT2D eigenvalue weighted by Gasteiger charge is -2.23. The molecule has 0 saturated carbocycles. The van der Waals surface area contributed by atoms with Gasteiger partial charge in [-0.25, -0.2) is 4.79 Å². The molecule has 0 radical (unpaired) electrons. The highest BCUT2D eigenvalue weighted by atomic mass is 35.5. The highest BCUT2D eigenvalue weighted by Crippen LogP contribution is 2.39. The van der Waals surface area contributed by atoms with Crippen molar-refractivity contribution in [1.82, 2.24) is 10.2 Å². The molecule has 2 N–H and O–H groups in total. The van der Waals surface area contributed by atoms with Gasteiger partial charge in [-0.15, -0.1) is 11.6 Å². The van der Waals surface area contributed by atoms with Gasteiger partial charge in [0.05, 0.1) is 36.7 Å². The molecule has 2 amide bonds. The quantitative estimate of drug-likeness (QED) is 0.117. The number of hydrogen-bond acceptors (Lipinski definition) is 9. The second kappa shape index (κ2) is 17.0. The van der Waals surface area contributed by atoms with E-state index in [1.807, 2.05) is 0 Å². The zero-order chi connectivity index (χ0) is 28.7. The molecule has 14 heteroatoms. The molecule has 1 atom stereocenters. The van der Waals surface area contributed by atoms with Crippen LogP contribution in [0, 0.1) is 10.1 Å². The van der Waals surface area contributed by atoms with Gasteiger partial charge in [0.25, 0.3) is 5.69 Å². The molecule has 1 rings (SSSR count). The number of unbranched alkanes of at least 4 members (excludes halogenated alkanes) is 1. The average molecular weight is 560 g/mol. The molecule has 0 aliphatic rings. The fourth-order valence-electron chi connectivity index (χ4n) is 3.47. The second-order valence-electron chi connectivity index (χ2n) is 8.32. The van der Waals surface area contributed by atoms with Crippen molar-refractivity contribution in [3.63, 3.8) is 0 Å². The number of carboxylic acids is 1. The van der Waals surface area contributed by atoms with E-state index in [0.29, 0.717) is 19.3 Å². The summed E-state index contributed by atoms with van der Waals surface area (Å²) in [5.41, 5.74) is -0.321. The predicted molar refractivity (Wildman–Crippen MR) is 137 cm³/mol. The number of methoxy groups -OCH3 is 2. The lowest BCUT2D eigenvalue weighted by molar-refractivity contribution is -0.386. The van der Waals surface area contributed by atoms with Gasteiger partial charge in [-0.05, 0) is 25.3 Å². The minimum atomic E-state index is -1.14. The summed E-state index contributed by atoms with van der Waals surface area (Å²) >= 11 is 5.46. The Morgan fingerprint density at radius 1 is 1.08 bits per heavy atom. The Balaban J connectivity index is 3.05. The number of nitro benzene ring substituents is 1. The van der Waals surface area contributed by atoms with E-state index in [-0.39, 0.29) is 79.1 Å². The van der Waals surface area contributed by atoms with E-state index in [1.54, 1.807) is 0 Å². The van der Waals surface area contributed by atoms with Gasteiger partial charge in [0.1, 0.15) is 11.9 Å². The second-order valence-corrected chi connectivity index (χ2v) is 8.59. The molecule has 0 heterocycles. The third kappa shape index (κ3) is 11.2. The summed E-state index contributed by atoms with van der Waals surface area (Å²) < 4.78 is 15.9. The topological polar surface area (TPSA) is 175 Å². The summed E-state index contributed by atoms with van der Waals surface area (Å²) in [6.45, 7) is 0.211. The van der Waals surface area contributed by atoms with Gasteiger partial charge >= 0.3 is 12.1 Å². The summed E-state index contributed by atoms with van der Waals surface area (Å²) in [5.74, 6) is -1.18. The normalized spacial score (nSPS) is 11.3. The van der Waals surface area contributed by atoms with Crippen molar-refractivity contribution >= 4 is 41.0 Å². The van der Waals surface area contributed by atoms with Crippen LogP contribution in [0.2, 0.25) is 0 Å². The Kier molecular flexibility index (Phi) is 14.5. The molecule has 0 fully saturated rings. The fraction of sp³-hybridized carbons (Fsp3) is 0.583. The summed E-state index contributed by atoms with van der Waals surface area (Å²) in [6, 6.07) is 2.51. The lowest BCUT2D eigenvalue weighted by atomic mass is 10.0. The Morgan fingerprint density at radius 2 is 1.71 bits per heavy atom. The van der Waals surface area contributed by atoms with Crippen LogP contribution < -0.4 is 14.8 Å². The van der Waals surface area contributed by atoms with E-state index < -0.39 is 23.1 Å². The van der Waals surface area contributed by atoms with Crippen LogP contribution in [0.25, 0.3) is 0 Å². The maximum absolute atomic E-state index is 12.5. The fourth-order valence-corrected chi connectivity index (χ4v) is 3.60. The molecule has 0 aliphatic carbocycles. The van der Waals surface area contributed by atoms with Crippen LogP contribution in [0.3, 0.4) is 0 Å². The molecule has 0 bridgehead atoms. The largest absolute Gasteiger partial charge is 0.493 e. The summed E-state index contributed by atoms with van der Waals surface area (Å²) in [7, 11) is 4.22. The van der Waals surface area contributed by atoms with E-state index in [0.717, 1.165) is 6.07 Å². The van der Waals surface area contributed by atoms with Gasteiger partial charge in [-0.3, -0.25) is 24.5 Å². The van der Waals surface area contributed by atoms with Gasteiger partial charge in [0, 0.05) is 45.8 Å². The number of hydrogen-bond donors (Lipinski definition) is 2. The van der Waals surface area contributed by atoms with Crippen LogP contribution in [0.15, 0.2) is 12.1 Å². The SMILES string of the molecule is COc1cc(C(CCN(C)C(=O)CCCCC(=O)O)OC(=O)NCCCC(=O)CCl)c([N+](=O)[O-])cc1OC. The number of carbonyl (C=O) groups is 4. The third-order valence-corrected chi connectivity index (χ3v) is 5.86. The van der Waals surface area contributed by atoms with Crippen molar-refractivity contribution in [1.29, 1.82) is 0 Å². The number of aliphatic carboxylic acids is 1. The first kappa shape index (κ1) is 32.4. The summed E-state index contributed by atoms with van der Waals surface area (Å²) in [5, 5.41) is 23.1. The first-order valence-electron chi connectivity index (χ1n) is 11.9. The van der Waals surface area contributed by atoms with E-state index in [1.165, 1.54) is 32.2 Å². The number of benzene rings is 1. The Labute approximate surface area is 225 Å². The number of nitrogens with one attached hydrogen (secondary N) is 1. The minimum absolute atomic E-state index is 0.0197.